The number of hydrogen-bond acceptors (Lipinski definition) is 2. The first kappa shape index (κ1) is 13.2. The number of aliphatic carboxylic acids is 1. The average Bonchev–Trinajstić information content (AvgIpc) is 2.46. The van der Waals surface area contributed by atoms with Crippen LogP contribution >= 0.6 is 0 Å². The molecule has 2 aliphatic rings. The number of carboxylic acids is 1. The standard InChI is InChI=1S/C17H20O3/c1-10-13-5-3-11-9-12(20-2)4-6-15(11)16(13)8-7-14(10)17(18)19/h4,6,9-10,14H,3,5,7-8H2,1-2H3,(H,18,19). The monoisotopic (exact) mass is 272 g/mol. The van der Waals surface area contributed by atoms with Gasteiger partial charge in [-0.1, -0.05) is 18.6 Å². The number of rotatable bonds is 2. The molecule has 0 radical (unpaired) electrons. The third-order valence-electron chi connectivity index (χ3n) is 4.86. The van der Waals surface area contributed by atoms with Crippen LogP contribution in [0.15, 0.2) is 23.8 Å². The number of hydrogen-bond donors (Lipinski definition) is 1. The number of fused-ring (bicyclic) bond motifs is 2. The maximum atomic E-state index is 11.3. The van der Waals surface area contributed by atoms with E-state index in [0.717, 1.165) is 31.4 Å². The van der Waals surface area contributed by atoms with E-state index >= 15 is 0 Å². The molecule has 1 N–H and O–H groups in total. The highest BCUT2D eigenvalue weighted by Gasteiger charge is 2.35. The average molecular weight is 272 g/mol. The van der Waals surface area contributed by atoms with Gasteiger partial charge in [0.05, 0.1) is 13.0 Å². The van der Waals surface area contributed by atoms with Gasteiger partial charge in [-0.05, 0) is 60.4 Å². The maximum absolute atomic E-state index is 11.3. The van der Waals surface area contributed by atoms with E-state index in [9.17, 15) is 9.90 Å². The Morgan fingerprint density at radius 3 is 2.80 bits per heavy atom. The van der Waals surface area contributed by atoms with Gasteiger partial charge in [-0.2, -0.15) is 0 Å². The second kappa shape index (κ2) is 4.97. The quantitative estimate of drug-likeness (QED) is 0.896. The Labute approximate surface area is 119 Å². The summed E-state index contributed by atoms with van der Waals surface area (Å²) >= 11 is 0. The zero-order valence-corrected chi connectivity index (χ0v) is 12.0. The number of aryl methyl sites for hydroxylation is 1. The van der Waals surface area contributed by atoms with E-state index in [4.69, 9.17) is 4.74 Å². The number of carboxylic acid groups (broad SMARTS) is 1. The first-order chi connectivity index (χ1) is 9.61. The molecule has 106 valence electrons. The molecule has 0 fully saturated rings. The lowest BCUT2D eigenvalue weighted by molar-refractivity contribution is -0.143. The van der Waals surface area contributed by atoms with Gasteiger partial charge >= 0.3 is 5.97 Å². The second-order valence-corrected chi connectivity index (χ2v) is 5.80. The second-order valence-electron chi connectivity index (χ2n) is 5.80. The Balaban J connectivity index is 2.02. The third kappa shape index (κ3) is 2.01. The third-order valence-corrected chi connectivity index (χ3v) is 4.86. The molecule has 3 rings (SSSR count). The van der Waals surface area contributed by atoms with Crippen LogP contribution in [0.1, 0.15) is 37.3 Å². The maximum Gasteiger partial charge on any atom is 0.307 e. The minimum atomic E-state index is -0.649. The molecular formula is C17H20O3. The highest BCUT2D eigenvalue weighted by atomic mass is 16.5. The van der Waals surface area contributed by atoms with Crippen LogP contribution < -0.4 is 4.74 Å². The van der Waals surface area contributed by atoms with Crippen LogP contribution in [-0.2, 0) is 11.2 Å². The molecule has 0 heterocycles. The zero-order valence-electron chi connectivity index (χ0n) is 12.0. The summed E-state index contributed by atoms with van der Waals surface area (Å²) in [4.78, 5) is 11.3. The topological polar surface area (TPSA) is 46.5 Å². The van der Waals surface area contributed by atoms with Crippen LogP contribution in [0.25, 0.3) is 5.57 Å². The summed E-state index contributed by atoms with van der Waals surface area (Å²) < 4.78 is 5.29. The molecule has 0 aromatic heterocycles. The lowest BCUT2D eigenvalue weighted by atomic mass is 9.69. The lowest BCUT2D eigenvalue weighted by Gasteiger charge is -2.35. The van der Waals surface area contributed by atoms with Crippen LogP contribution in [0.4, 0.5) is 0 Å². The van der Waals surface area contributed by atoms with Gasteiger partial charge in [0.25, 0.3) is 0 Å². The molecule has 2 aliphatic carbocycles. The van der Waals surface area contributed by atoms with Crippen LogP contribution in [0.5, 0.6) is 5.75 Å². The van der Waals surface area contributed by atoms with Crippen molar-refractivity contribution in [1.29, 1.82) is 0 Å². The van der Waals surface area contributed by atoms with Crippen LogP contribution in [0.2, 0.25) is 0 Å². The van der Waals surface area contributed by atoms with Gasteiger partial charge < -0.3 is 9.84 Å². The molecule has 0 saturated carbocycles. The summed E-state index contributed by atoms with van der Waals surface area (Å²) in [5, 5.41) is 9.32. The van der Waals surface area contributed by atoms with E-state index in [1.54, 1.807) is 7.11 Å². The summed E-state index contributed by atoms with van der Waals surface area (Å²) in [5.74, 6) is 0.199. The minimum Gasteiger partial charge on any atom is -0.497 e. The number of carbonyl (C=O) groups is 1. The number of methoxy groups -OCH3 is 1. The van der Waals surface area contributed by atoms with Gasteiger partial charge in [-0.3, -0.25) is 4.79 Å². The van der Waals surface area contributed by atoms with E-state index in [-0.39, 0.29) is 11.8 Å². The lowest BCUT2D eigenvalue weighted by Crippen LogP contribution is -2.28. The van der Waals surface area contributed by atoms with E-state index in [2.05, 4.69) is 19.1 Å². The smallest absolute Gasteiger partial charge is 0.307 e. The molecule has 20 heavy (non-hydrogen) atoms. The van der Waals surface area contributed by atoms with E-state index in [1.807, 2.05) is 6.07 Å². The predicted molar refractivity (Wildman–Crippen MR) is 77.8 cm³/mol. The van der Waals surface area contributed by atoms with Crippen molar-refractivity contribution in [1.82, 2.24) is 0 Å². The Bertz CT molecular complexity index is 586. The fraction of sp³-hybridized carbons (Fsp3) is 0.471. The van der Waals surface area contributed by atoms with Crippen molar-refractivity contribution in [3.63, 3.8) is 0 Å². The van der Waals surface area contributed by atoms with Crippen molar-refractivity contribution in [3.05, 3.63) is 34.9 Å². The zero-order chi connectivity index (χ0) is 14.3. The Morgan fingerprint density at radius 2 is 2.10 bits per heavy atom. The van der Waals surface area contributed by atoms with Gasteiger partial charge in [0.15, 0.2) is 0 Å². The van der Waals surface area contributed by atoms with Crippen LogP contribution in [-0.4, -0.2) is 18.2 Å². The molecule has 3 nitrogen and oxygen atoms in total. The SMILES string of the molecule is COc1ccc2c(c1)CCC1=C2CCC(C(=O)O)C1C. The molecule has 1 aromatic carbocycles. The summed E-state index contributed by atoms with van der Waals surface area (Å²) in [6.07, 6.45) is 3.61. The molecule has 1 aromatic rings. The summed E-state index contributed by atoms with van der Waals surface area (Å²) in [6, 6.07) is 6.26. The number of benzene rings is 1. The van der Waals surface area contributed by atoms with E-state index in [0.29, 0.717) is 0 Å². The van der Waals surface area contributed by atoms with Gasteiger partial charge in [0, 0.05) is 0 Å². The molecule has 0 aliphatic heterocycles. The molecule has 2 unspecified atom stereocenters. The van der Waals surface area contributed by atoms with Crippen LogP contribution in [0, 0.1) is 11.8 Å². The van der Waals surface area contributed by atoms with Gasteiger partial charge in [-0.15, -0.1) is 0 Å². The van der Waals surface area contributed by atoms with Crippen molar-refractivity contribution in [2.75, 3.05) is 7.11 Å². The van der Waals surface area contributed by atoms with Crippen molar-refractivity contribution < 1.29 is 14.6 Å². The fourth-order valence-corrected chi connectivity index (χ4v) is 3.72. The highest BCUT2D eigenvalue weighted by molar-refractivity contribution is 5.79. The molecule has 0 spiro atoms. The van der Waals surface area contributed by atoms with Crippen molar-refractivity contribution in [2.45, 2.75) is 32.6 Å². The number of ether oxygens (including phenoxy) is 1. The molecule has 0 saturated heterocycles. The Morgan fingerprint density at radius 1 is 1.30 bits per heavy atom. The molecule has 2 atom stereocenters. The number of allylic oxidation sites excluding steroid dienone is 2. The minimum absolute atomic E-state index is 0.159. The highest BCUT2D eigenvalue weighted by Crippen LogP contribution is 2.45. The van der Waals surface area contributed by atoms with E-state index < -0.39 is 5.97 Å². The summed E-state index contributed by atoms with van der Waals surface area (Å²) in [5.41, 5.74) is 5.40. The van der Waals surface area contributed by atoms with Gasteiger partial charge in [0.1, 0.15) is 5.75 Å². The summed E-state index contributed by atoms with van der Waals surface area (Å²) in [7, 11) is 1.69. The fourth-order valence-electron chi connectivity index (χ4n) is 3.72. The Kier molecular flexibility index (Phi) is 3.28. The van der Waals surface area contributed by atoms with Gasteiger partial charge in [-0.25, -0.2) is 0 Å². The summed E-state index contributed by atoms with van der Waals surface area (Å²) in [6.45, 7) is 2.07. The van der Waals surface area contributed by atoms with Crippen molar-refractivity contribution >= 4 is 11.5 Å². The van der Waals surface area contributed by atoms with E-state index in [1.165, 1.54) is 22.3 Å². The molecule has 3 heteroatoms. The van der Waals surface area contributed by atoms with Crippen molar-refractivity contribution in [2.24, 2.45) is 11.8 Å². The first-order valence-electron chi connectivity index (χ1n) is 7.24. The molecule has 0 amide bonds. The van der Waals surface area contributed by atoms with Crippen LogP contribution in [0.3, 0.4) is 0 Å². The normalized spacial score (nSPS) is 24.9. The molecule has 0 bridgehead atoms. The predicted octanol–water partition coefficient (Wildman–Crippen LogP) is 3.53. The Hall–Kier alpha value is -1.77. The van der Waals surface area contributed by atoms with Gasteiger partial charge in [0.2, 0.25) is 0 Å². The largest absolute Gasteiger partial charge is 0.497 e. The molecular weight excluding hydrogens is 252 g/mol. The first-order valence-corrected chi connectivity index (χ1v) is 7.24. The van der Waals surface area contributed by atoms with Crippen molar-refractivity contribution in [3.8, 4) is 5.75 Å².